The number of nitrogens with zero attached hydrogens (tertiary/aromatic N) is 1. The number of aromatic nitrogens is 1. The maximum Gasteiger partial charge on any atom is 0.183 e. The molecule has 2 aromatic rings. The van der Waals surface area contributed by atoms with Crippen LogP contribution in [0.15, 0.2) is 42.6 Å². The highest BCUT2D eigenvalue weighted by molar-refractivity contribution is 5.99. The molecule has 20 heavy (non-hydrogen) atoms. The van der Waals surface area contributed by atoms with E-state index in [9.17, 15) is 4.79 Å². The number of ketones is 1. The number of rotatable bonds is 3. The third kappa shape index (κ3) is 2.44. The lowest BCUT2D eigenvalue weighted by molar-refractivity contribution is 0.0967. The van der Waals surface area contributed by atoms with E-state index in [2.05, 4.69) is 29.2 Å². The summed E-state index contributed by atoms with van der Waals surface area (Å²) in [5, 5.41) is 0. The summed E-state index contributed by atoms with van der Waals surface area (Å²) in [6.45, 7) is 0. The van der Waals surface area contributed by atoms with Crippen LogP contribution in [0.4, 0.5) is 5.69 Å². The van der Waals surface area contributed by atoms with Gasteiger partial charge < -0.3 is 5.73 Å². The number of anilines is 1. The lowest BCUT2D eigenvalue weighted by Crippen LogP contribution is -2.15. The van der Waals surface area contributed by atoms with Crippen molar-refractivity contribution >= 4 is 11.5 Å². The van der Waals surface area contributed by atoms with Gasteiger partial charge >= 0.3 is 0 Å². The van der Waals surface area contributed by atoms with Gasteiger partial charge in [0.25, 0.3) is 0 Å². The third-order valence-electron chi connectivity index (χ3n) is 4.03. The molecule has 1 unspecified atom stereocenters. The Bertz CT molecular complexity index is 636. The molecule has 0 aliphatic heterocycles. The number of carbonyl (C=O) groups excluding carboxylic acids is 1. The zero-order chi connectivity index (χ0) is 13.9. The van der Waals surface area contributed by atoms with E-state index < -0.39 is 0 Å². The number of carbonyl (C=O) groups is 1. The lowest BCUT2D eigenvalue weighted by atomic mass is 9.80. The minimum Gasteiger partial charge on any atom is -0.397 e. The number of nitrogens with two attached hydrogens (primary N) is 1. The van der Waals surface area contributed by atoms with Crippen LogP contribution in [0.1, 0.15) is 46.8 Å². The molecule has 0 amide bonds. The Balaban J connectivity index is 1.83. The maximum absolute atomic E-state index is 12.4. The van der Waals surface area contributed by atoms with Gasteiger partial charge in [-0.3, -0.25) is 9.78 Å². The SMILES string of the molecule is Nc1cccnc1C(=O)CC1CCCc2ccccc21. The van der Waals surface area contributed by atoms with Gasteiger partial charge in [-0.2, -0.15) is 0 Å². The second-order valence-electron chi connectivity index (χ2n) is 5.36. The maximum atomic E-state index is 12.4. The summed E-state index contributed by atoms with van der Waals surface area (Å²) in [6, 6.07) is 11.9. The quantitative estimate of drug-likeness (QED) is 0.867. The third-order valence-corrected chi connectivity index (χ3v) is 4.03. The van der Waals surface area contributed by atoms with Gasteiger partial charge in [-0.1, -0.05) is 24.3 Å². The highest BCUT2D eigenvalue weighted by Crippen LogP contribution is 2.34. The van der Waals surface area contributed by atoms with E-state index in [4.69, 9.17) is 5.73 Å². The van der Waals surface area contributed by atoms with Crippen molar-refractivity contribution in [1.29, 1.82) is 0 Å². The largest absolute Gasteiger partial charge is 0.397 e. The topological polar surface area (TPSA) is 56.0 Å². The molecule has 1 aliphatic rings. The first-order valence-electron chi connectivity index (χ1n) is 7.07. The fraction of sp³-hybridized carbons (Fsp3) is 0.294. The molecule has 1 aromatic carbocycles. The summed E-state index contributed by atoms with van der Waals surface area (Å²) in [6.07, 6.45) is 5.45. The minimum atomic E-state index is 0.0461. The van der Waals surface area contributed by atoms with Crippen molar-refractivity contribution in [3.8, 4) is 0 Å². The molecule has 3 nitrogen and oxygen atoms in total. The molecule has 3 heteroatoms. The molecule has 0 saturated heterocycles. The Morgan fingerprint density at radius 1 is 1.25 bits per heavy atom. The van der Waals surface area contributed by atoms with Crippen LogP contribution in [0.3, 0.4) is 0 Å². The summed E-state index contributed by atoms with van der Waals surface area (Å²) < 4.78 is 0. The first kappa shape index (κ1) is 12.9. The van der Waals surface area contributed by atoms with E-state index in [1.807, 2.05) is 0 Å². The number of benzene rings is 1. The standard InChI is InChI=1S/C17H18N2O/c18-15-9-4-10-19-17(15)16(20)11-13-7-3-6-12-5-1-2-8-14(12)13/h1-2,4-5,8-10,13H,3,6-7,11,18H2. The molecule has 0 saturated carbocycles. The average molecular weight is 266 g/mol. The normalized spacial score (nSPS) is 17.5. The Hall–Kier alpha value is -2.16. The second kappa shape index (κ2) is 5.45. The van der Waals surface area contributed by atoms with Gasteiger partial charge in [0, 0.05) is 12.6 Å². The average Bonchev–Trinajstić information content (AvgIpc) is 2.48. The monoisotopic (exact) mass is 266 g/mol. The predicted octanol–water partition coefficient (Wildman–Crippen LogP) is 3.36. The van der Waals surface area contributed by atoms with E-state index in [-0.39, 0.29) is 5.78 Å². The van der Waals surface area contributed by atoms with Crippen LogP contribution in [0.25, 0.3) is 0 Å². The zero-order valence-corrected chi connectivity index (χ0v) is 11.4. The van der Waals surface area contributed by atoms with Crippen molar-refractivity contribution in [2.75, 3.05) is 5.73 Å². The number of Topliss-reactive ketones (excluding diaryl/α,β-unsaturated/α-hetero) is 1. The minimum absolute atomic E-state index is 0.0461. The van der Waals surface area contributed by atoms with Gasteiger partial charge in [0.05, 0.1) is 5.69 Å². The Morgan fingerprint density at radius 2 is 2.10 bits per heavy atom. The van der Waals surface area contributed by atoms with Gasteiger partial charge in [0.2, 0.25) is 0 Å². The van der Waals surface area contributed by atoms with Gasteiger partial charge in [-0.15, -0.1) is 0 Å². The molecular formula is C17H18N2O. The molecule has 3 rings (SSSR count). The first-order chi connectivity index (χ1) is 9.75. The summed E-state index contributed by atoms with van der Waals surface area (Å²) in [5.41, 5.74) is 9.43. The molecule has 0 spiro atoms. The van der Waals surface area contributed by atoms with Crippen LogP contribution in [0.2, 0.25) is 0 Å². The second-order valence-corrected chi connectivity index (χ2v) is 5.36. The number of fused-ring (bicyclic) bond motifs is 1. The summed E-state index contributed by atoms with van der Waals surface area (Å²) in [4.78, 5) is 16.5. The summed E-state index contributed by atoms with van der Waals surface area (Å²) in [5.74, 6) is 0.346. The molecule has 0 fully saturated rings. The Morgan fingerprint density at radius 3 is 2.95 bits per heavy atom. The predicted molar refractivity (Wildman–Crippen MR) is 79.7 cm³/mol. The number of aryl methyl sites for hydroxylation is 1. The van der Waals surface area contributed by atoms with Gasteiger partial charge in [-0.05, 0) is 48.4 Å². The first-order valence-corrected chi connectivity index (χ1v) is 7.07. The van der Waals surface area contributed by atoms with Crippen LogP contribution >= 0.6 is 0 Å². The molecule has 1 aliphatic carbocycles. The van der Waals surface area contributed by atoms with E-state index in [1.54, 1.807) is 18.3 Å². The van der Waals surface area contributed by atoms with Crippen molar-refractivity contribution < 1.29 is 4.79 Å². The highest BCUT2D eigenvalue weighted by Gasteiger charge is 2.23. The van der Waals surface area contributed by atoms with Gasteiger partial charge in [0.1, 0.15) is 5.69 Å². The lowest BCUT2D eigenvalue weighted by Gasteiger charge is -2.24. The molecule has 1 heterocycles. The van der Waals surface area contributed by atoms with Gasteiger partial charge in [0.15, 0.2) is 5.78 Å². The summed E-state index contributed by atoms with van der Waals surface area (Å²) >= 11 is 0. The summed E-state index contributed by atoms with van der Waals surface area (Å²) in [7, 11) is 0. The fourth-order valence-corrected chi connectivity index (χ4v) is 3.04. The smallest absolute Gasteiger partial charge is 0.183 e. The Kier molecular flexibility index (Phi) is 3.50. The van der Waals surface area contributed by atoms with Gasteiger partial charge in [-0.25, -0.2) is 0 Å². The molecule has 1 atom stereocenters. The van der Waals surface area contributed by atoms with Crippen molar-refractivity contribution in [2.45, 2.75) is 31.6 Å². The van der Waals surface area contributed by atoms with Crippen LogP contribution in [-0.4, -0.2) is 10.8 Å². The van der Waals surface area contributed by atoms with Crippen molar-refractivity contribution in [3.05, 3.63) is 59.4 Å². The van der Waals surface area contributed by atoms with Crippen LogP contribution in [-0.2, 0) is 6.42 Å². The number of hydrogen-bond donors (Lipinski definition) is 1. The van der Waals surface area contributed by atoms with Crippen LogP contribution in [0, 0.1) is 0 Å². The number of hydrogen-bond acceptors (Lipinski definition) is 3. The Labute approximate surface area is 118 Å². The molecule has 0 bridgehead atoms. The molecule has 1 aromatic heterocycles. The number of nitrogen functional groups attached to an aromatic ring is 1. The fourth-order valence-electron chi connectivity index (χ4n) is 3.04. The van der Waals surface area contributed by atoms with E-state index in [0.717, 1.165) is 19.3 Å². The van der Waals surface area contributed by atoms with Crippen LogP contribution in [0.5, 0.6) is 0 Å². The molecule has 2 N–H and O–H groups in total. The highest BCUT2D eigenvalue weighted by atomic mass is 16.1. The van der Waals surface area contributed by atoms with Crippen LogP contribution < -0.4 is 5.73 Å². The number of pyridine rings is 1. The van der Waals surface area contributed by atoms with Crippen molar-refractivity contribution in [2.24, 2.45) is 0 Å². The molecule has 0 radical (unpaired) electrons. The van der Waals surface area contributed by atoms with Crippen molar-refractivity contribution in [3.63, 3.8) is 0 Å². The van der Waals surface area contributed by atoms with E-state index >= 15 is 0 Å². The van der Waals surface area contributed by atoms with E-state index in [1.165, 1.54) is 11.1 Å². The molecule has 102 valence electrons. The van der Waals surface area contributed by atoms with E-state index in [0.29, 0.717) is 23.7 Å². The van der Waals surface area contributed by atoms with Crippen molar-refractivity contribution in [1.82, 2.24) is 4.98 Å². The zero-order valence-electron chi connectivity index (χ0n) is 11.4. The molecular weight excluding hydrogens is 248 g/mol.